The summed E-state index contributed by atoms with van der Waals surface area (Å²) in [7, 11) is 0. The first-order valence-electron chi connectivity index (χ1n) is 6.42. The Kier molecular flexibility index (Phi) is 3.68. The van der Waals surface area contributed by atoms with Gasteiger partial charge in [-0.2, -0.15) is 0 Å². The second-order valence-corrected chi connectivity index (χ2v) is 5.65. The molecule has 0 aliphatic carbocycles. The van der Waals surface area contributed by atoms with Crippen molar-refractivity contribution in [3.63, 3.8) is 0 Å². The fourth-order valence-corrected chi connectivity index (χ4v) is 2.77. The van der Waals surface area contributed by atoms with Gasteiger partial charge in [-0.25, -0.2) is 0 Å². The van der Waals surface area contributed by atoms with Crippen molar-refractivity contribution in [1.82, 2.24) is 10.2 Å². The van der Waals surface area contributed by atoms with Gasteiger partial charge in [0, 0.05) is 49.0 Å². The number of halogens is 1. The molecule has 0 radical (unpaired) electrons. The highest BCUT2D eigenvalue weighted by molar-refractivity contribution is 9.10. The minimum atomic E-state index is 0.980. The van der Waals surface area contributed by atoms with Crippen molar-refractivity contribution in [2.75, 3.05) is 32.7 Å². The zero-order valence-electron chi connectivity index (χ0n) is 10.3. The van der Waals surface area contributed by atoms with Crippen LogP contribution in [-0.2, 0) is 6.42 Å². The number of hydrogen-bond acceptors (Lipinski definition) is 3. The van der Waals surface area contributed by atoms with E-state index in [2.05, 4.69) is 38.3 Å². The van der Waals surface area contributed by atoms with Gasteiger partial charge in [-0.05, 0) is 24.3 Å². The normalized spacial score (nSPS) is 17.4. The maximum atomic E-state index is 5.85. The molecule has 0 atom stereocenters. The van der Waals surface area contributed by atoms with Gasteiger partial charge in [0.1, 0.15) is 11.3 Å². The van der Waals surface area contributed by atoms with Crippen LogP contribution in [0.5, 0.6) is 0 Å². The van der Waals surface area contributed by atoms with E-state index in [1.165, 1.54) is 5.39 Å². The number of nitrogens with zero attached hydrogens (tertiary/aromatic N) is 1. The zero-order chi connectivity index (χ0) is 12.4. The molecule has 3 rings (SSSR count). The molecule has 4 heteroatoms. The predicted octanol–water partition coefficient (Wildman–Crippen LogP) is 2.64. The van der Waals surface area contributed by atoms with Crippen molar-refractivity contribution in [1.29, 1.82) is 0 Å². The Hall–Kier alpha value is -0.840. The van der Waals surface area contributed by atoms with Crippen molar-refractivity contribution in [2.24, 2.45) is 0 Å². The molecule has 0 bridgehead atoms. The van der Waals surface area contributed by atoms with Crippen molar-refractivity contribution in [3.8, 4) is 0 Å². The minimum absolute atomic E-state index is 0.980. The summed E-state index contributed by atoms with van der Waals surface area (Å²) in [5.74, 6) is 1.08. The molecule has 1 N–H and O–H groups in total. The molecule has 1 saturated heterocycles. The number of nitrogens with one attached hydrogen (secondary N) is 1. The molecule has 0 amide bonds. The van der Waals surface area contributed by atoms with Gasteiger partial charge in [0.2, 0.25) is 0 Å². The smallest absolute Gasteiger partial charge is 0.134 e. The summed E-state index contributed by atoms with van der Waals surface area (Å²) in [5.41, 5.74) is 0.980. The average molecular weight is 309 g/mol. The van der Waals surface area contributed by atoms with Crippen LogP contribution in [0.25, 0.3) is 11.0 Å². The van der Waals surface area contributed by atoms with E-state index in [4.69, 9.17) is 4.42 Å². The second kappa shape index (κ2) is 5.43. The quantitative estimate of drug-likeness (QED) is 0.945. The van der Waals surface area contributed by atoms with Crippen LogP contribution in [0, 0.1) is 0 Å². The van der Waals surface area contributed by atoms with Crippen molar-refractivity contribution < 1.29 is 4.42 Å². The maximum Gasteiger partial charge on any atom is 0.134 e. The predicted molar refractivity (Wildman–Crippen MR) is 76.9 cm³/mol. The summed E-state index contributed by atoms with van der Waals surface area (Å²) in [5, 5.41) is 4.55. The Balaban J connectivity index is 1.67. The molecule has 1 aromatic heterocycles. The van der Waals surface area contributed by atoms with E-state index in [-0.39, 0.29) is 0 Å². The van der Waals surface area contributed by atoms with Gasteiger partial charge >= 0.3 is 0 Å². The fraction of sp³-hybridized carbons (Fsp3) is 0.429. The molecule has 18 heavy (non-hydrogen) atoms. The van der Waals surface area contributed by atoms with Gasteiger partial charge in [0.25, 0.3) is 0 Å². The van der Waals surface area contributed by atoms with Gasteiger partial charge in [0.15, 0.2) is 0 Å². The van der Waals surface area contributed by atoms with E-state index in [0.29, 0.717) is 0 Å². The summed E-state index contributed by atoms with van der Waals surface area (Å²) in [6.45, 7) is 5.58. The fourth-order valence-electron chi connectivity index (χ4n) is 2.40. The molecule has 0 saturated carbocycles. The van der Waals surface area contributed by atoms with Crippen molar-refractivity contribution in [3.05, 3.63) is 34.5 Å². The SMILES string of the molecule is Brc1ccc2oc(CCN3CCNCC3)cc2c1. The molecule has 1 aromatic carbocycles. The van der Waals surface area contributed by atoms with Crippen molar-refractivity contribution in [2.45, 2.75) is 6.42 Å². The molecule has 1 aliphatic rings. The summed E-state index contributed by atoms with van der Waals surface area (Å²) in [6.07, 6.45) is 0.992. The van der Waals surface area contributed by atoms with E-state index >= 15 is 0 Å². The summed E-state index contributed by atoms with van der Waals surface area (Å²) in [6, 6.07) is 8.30. The maximum absolute atomic E-state index is 5.85. The van der Waals surface area contributed by atoms with E-state index in [0.717, 1.165) is 55.0 Å². The first-order chi connectivity index (χ1) is 8.81. The highest BCUT2D eigenvalue weighted by Gasteiger charge is 2.10. The van der Waals surface area contributed by atoms with E-state index in [1.807, 2.05) is 12.1 Å². The van der Waals surface area contributed by atoms with Crippen LogP contribution in [0.2, 0.25) is 0 Å². The third kappa shape index (κ3) is 2.76. The molecule has 96 valence electrons. The molecule has 2 heterocycles. The summed E-state index contributed by atoms with van der Waals surface area (Å²) < 4.78 is 6.95. The lowest BCUT2D eigenvalue weighted by molar-refractivity contribution is 0.239. The van der Waals surface area contributed by atoms with Gasteiger partial charge < -0.3 is 14.6 Å². The third-order valence-corrected chi connectivity index (χ3v) is 3.91. The Morgan fingerprint density at radius 1 is 1.22 bits per heavy atom. The Labute approximate surface area is 115 Å². The molecule has 1 fully saturated rings. The lowest BCUT2D eigenvalue weighted by Gasteiger charge is -2.26. The van der Waals surface area contributed by atoms with Crippen LogP contribution < -0.4 is 5.32 Å². The van der Waals surface area contributed by atoms with Gasteiger partial charge in [-0.1, -0.05) is 15.9 Å². The first-order valence-corrected chi connectivity index (χ1v) is 7.21. The van der Waals surface area contributed by atoms with Gasteiger partial charge in [0.05, 0.1) is 0 Å². The number of fused-ring (bicyclic) bond motifs is 1. The van der Waals surface area contributed by atoms with Crippen LogP contribution in [0.3, 0.4) is 0 Å². The monoisotopic (exact) mass is 308 g/mol. The molecule has 3 nitrogen and oxygen atoms in total. The molecular formula is C14H17BrN2O. The minimum Gasteiger partial charge on any atom is -0.461 e. The van der Waals surface area contributed by atoms with Gasteiger partial charge in [-0.3, -0.25) is 0 Å². The molecule has 0 spiro atoms. The molecular weight excluding hydrogens is 292 g/mol. The second-order valence-electron chi connectivity index (χ2n) is 4.74. The average Bonchev–Trinajstić information content (AvgIpc) is 2.79. The topological polar surface area (TPSA) is 28.4 Å². The number of furan rings is 1. The molecule has 2 aromatic rings. The number of benzene rings is 1. The van der Waals surface area contributed by atoms with E-state index in [9.17, 15) is 0 Å². The number of hydrogen-bond donors (Lipinski definition) is 1. The lowest BCUT2D eigenvalue weighted by atomic mass is 10.2. The Bertz CT molecular complexity index is 532. The van der Waals surface area contributed by atoms with Crippen LogP contribution in [0.15, 0.2) is 33.2 Å². The van der Waals surface area contributed by atoms with Crippen LogP contribution in [-0.4, -0.2) is 37.6 Å². The first kappa shape index (κ1) is 12.2. The molecule has 0 unspecified atom stereocenters. The summed E-state index contributed by atoms with van der Waals surface area (Å²) in [4.78, 5) is 2.49. The highest BCUT2D eigenvalue weighted by atomic mass is 79.9. The Morgan fingerprint density at radius 3 is 2.89 bits per heavy atom. The third-order valence-electron chi connectivity index (χ3n) is 3.41. The largest absolute Gasteiger partial charge is 0.461 e. The number of rotatable bonds is 3. The van der Waals surface area contributed by atoms with Crippen molar-refractivity contribution >= 4 is 26.9 Å². The van der Waals surface area contributed by atoms with E-state index in [1.54, 1.807) is 0 Å². The van der Waals surface area contributed by atoms with Crippen LogP contribution in [0.1, 0.15) is 5.76 Å². The molecule has 1 aliphatic heterocycles. The van der Waals surface area contributed by atoms with Gasteiger partial charge in [-0.15, -0.1) is 0 Å². The summed E-state index contributed by atoms with van der Waals surface area (Å²) >= 11 is 3.49. The van der Waals surface area contributed by atoms with E-state index < -0.39 is 0 Å². The standard InChI is InChI=1S/C14H17BrN2O/c15-12-1-2-14-11(9-12)10-13(18-14)3-6-17-7-4-16-5-8-17/h1-2,9-10,16H,3-8H2. The number of piperazine rings is 1. The Morgan fingerprint density at radius 2 is 2.06 bits per heavy atom. The van der Waals surface area contributed by atoms with Crippen LogP contribution >= 0.6 is 15.9 Å². The van der Waals surface area contributed by atoms with Crippen LogP contribution in [0.4, 0.5) is 0 Å². The highest BCUT2D eigenvalue weighted by Crippen LogP contribution is 2.23. The zero-order valence-corrected chi connectivity index (χ0v) is 11.9. The lowest BCUT2D eigenvalue weighted by Crippen LogP contribution is -2.44.